The van der Waals surface area contributed by atoms with Gasteiger partial charge in [-0.3, -0.25) is 0 Å². The molecule has 2 aromatic rings. The highest BCUT2D eigenvalue weighted by Gasteiger charge is 2.23. The maximum absolute atomic E-state index is 12.5. The highest BCUT2D eigenvalue weighted by Crippen LogP contribution is 2.30. The summed E-state index contributed by atoms with van der Waals surface area (Å²) in [4.78, 5) is 12.5. The largest absolute Gasteiger partial charge is 0.459 e. The molecule has 0 N–H and O–H groups in total. The summed E-state index contributed by atoms with van der Waals surface area (Å²) >= 11 is 0. The summed E-state index contributed by atoms with van der Waals surface area (Å²) < 4.78 is 5.76. The molecular weight excluding hydrogens is 332 g/mol. The second kappa shape index (κ2) is 9.73. The zero-order valence-corrected chi connectivity index (χ0v) is 16.7. The molecule has 3 rings (SSSR count). The van der Waals surface area contributed by atoms with Gasteiger partial charge in [0.15, 0.2) is 0 Å². The molecule has 2 nitrogen and oxygen atoms in total. The van der Waals surface area contributed by atoms with Gasteiger partial charge < -0.3 is 4.74 Å². The molecule has 2 heteroatoms. The van der Waals surface area contributed by atoms with E-state index in [4.69, 9.17) is 4.74 Å². The number of rotatable bonds is 7. The van der Waals surface area contributed by atoms with Gasteiger partial charge in [0.1, 0.15) is 6.10 Å². The standard InChI is InChI=1S/C25H32O2/c1-3-7-20-12-16-24(17-13-20)27-25(26)23-14-10-21(11-15-23)18-19(2)22-8-5-4-6-9-22/h4-6,8-11,14-15,19-20,24H,3,7,12-13,16-18H2,1-2H3/t19-,20?,24?/m1/s1. The normalized spacial score (nSPS) is 20.8. The maximum atomic E-state index is 12.5. The lowest BCUT2D eigenvalue weighted by Gasteiger charge is -2.28. The average molecular weight is 365 g/mol. The number of esters is 1. The SMILES string of the molecule is CCCC1CCC(OC(=O)c2ccc(C[C@@H](C)c3ccccc3)cc2)CC1. The van der Waals surface area contributed by atoms with Crippen molar-refractivity contribution in [3.8, 4) is 0 Å². The number of benzene rings is 2. The van der Waals surface area contributed by atoms with Crippen LogP contribution in [-0.2, 0) is 11.2 Å². The number of hydrogen-bond donors (Lipinski definition) is 0. The number of carbonyl (C=O) groups excluding carboxylic acids is 1. The summed E-state index contributed by atoms with van der Waals surface area (Å²) in [6, 6.07) is 18.5. The van der Waals surface area contributed by atoms with Crippen molar-refractivity contribution in [2.75, 3.05) is 0 Å². The van der Waals surface area contributed by atoms with Gasteiger partial charge in [0.25, 0.3) is 0 Å². The quantitative estimate of drug-likeness (QED) is 0.521. The molecule has 27 heavy (non-hydrogen) atoms. The molecule has 144 valence electrons. The Morgan fingerprint density at radius 3 is 2.30 bits per heavy atom. The molecule has 0 spiro atoms. The van der Waals surface area contributed by atoms with Gasteiger partial charge in [0, 0.05) is 0 Å². The molecule has 0 unspecified atom stereocenters. The van der Waals surface area contributed by atoms with Crippen LogP contribution in [0.15, 0.2) is 54.6 Å². The molecular formula is C25H32O2. The molecule has 2 aromatic carbocycles. The minimum atomic E-state index is -0.170. The molecule has 0 aliphatic heterocycles. The van der Waals surface area contributed by atoms with Crippen molar-refractivity contribution in [1.29, 1.82) is 0 Å². The van der Waals surface area contributed by atoms with Crippen molar-refractivity contribution in [2.24, 2.45) is 5.92 Å². The Hall–Kier alpha value is -2.09. The highest BCUT2D eigenvalue weighted by molar-refractivity contribution is 5.89. The summed E-state index contributed by atoms with van der Waals surface area (Å²) in [6.07, 6.45) is 8.06. The van der Waals surface area contributed by atoms with Crippen LogP contribution in [0.5, 0.6) is 0 Å². The lowest BCUT2D eigenvalue weighted by molar-refractivity contribution is 0.0161. The van der Waals surface area contributed by atoms with E-state index in [-0.39, 0.29) is 12.1 Å². The van der Waals surface area contributed by atoms with Gasteiger partial charge >= 0.3 is 5.97 Å². The summed E-state index contributed by atoms with van der Waals surface area (Å²) in [5, 5.41) is 0. The van der Waals surface area contributed by atoms with Gasteiger partial charge in [-0.25, -0.2) is 4.79 Å². The molecule has 0 heterocycles. The Morgan fingerprint density at radius 1 is 1.00 bits per heavy atom. The second-order valence-corrected chi connectivity index (χ2v) is 8.05. The Bertz CT molecular complexity index is 697. The third-order valence-electron chi connectivity index (χ3n) is 5.86. The van der Waals surface area contributed by atoms with Crippen molar-refractivity contribution in [1.82, 2.24) is 0 Å². The Balaban J connectivity index is 1.50. The predicted octanol–water partition coefficient (Wildman–Crippen LogP) is 6.55. The van der Waals surface area contributed by atoms with E-state index >= 15 is 0 Å². The van der Waals surface area contributed by atoms with Crippen molar-refractivity contribution >= 4 is 5.97 Å². The summed E-state index contributed by atoms with van der Waals surface area (Å²) in [7, 11) is 0. The molecule has 1 aliphatic carbocycles. The third kappa shape index (κ3) is 5.69. The van der Waals surface area contributed by atoms with E-state index in [1.165, 1.54) is 36.8 Å². The van der Waals surface area contributed by atoms with E-state index < -0.39 is 0 Å². The van der Waals surface area contributed by atoms with E-state index in [2.05, 4.69) is 50.2 Å². The van der Waals surface area contributed by atoms with Crippen molar-refractivity contribution in [2.45, 2.75) is 70.8 Å². The average Bonchev–Trinajstić information content (AvgIpc) is 2.71. The first-order valence-electron chi connectivity index (χ1n) is 10.5. The van der Waals surface area contributed by atoms with Crippen LogP contribution in [0, 0.1) is 5.92 Å². The van der Waals surface area contributed by atoms with Crippen LogP contribution >= 0.6 is 0 Å². The fourth-order valence-corrected chi connectivity index (χ4v) is 4.20. The van der Waals surface area contributed by atoms with E-state index in [9.17, 15) is 4.79 Å². The minimum Gasteiger partial charge on any atom is -0.459 e. The van der Waals surface area contributed by atoms with Crippen LogP contribution < -0.4 is 0 Å². The van der Waals surface area contributed by atoms with Gasteiger partial charge in [0.05, 0.1) is 5.56 Å². The maximum Gasteiger partial charge on any atom is 0.338 e. The van der Waals surface area contributed by atoms with Crippen LogP contribution in [0.25, 0.3) is 0 Å². The van der Waals surface area contributed by atoms with Crippen molar-refractivity contribution in [3.05, 3.63) is 71.3 Å². The smallest absolute Gasteiger partial charge is 0.338 e. The zero-order valence-electron chi connectivity index (χ0n) is 16.7. The van der Waals surface area contributed by atoms with E-state index in [0.717, 1.165) is 25.2 Å². The van der Waals surface area contributed by atoms with Crippen molar-refractivity contribution in [3.63, 3.8) is 0 Å². The molecule has 0 aromatic heterocycles. The predicted molar refractivity (Wildman–Crippen MR) is 111 cm³/mol. The molecule has 0 bridgehead atoms. The highest BCUT2D eigenvalue weighted by atomic mass is 16.5. The molecule has 1 aliphatic rings. The van der Waals surface area contributed by atoms with Crippen LogP contribution in [0.1, 0.15) is 79.8 Å². The van der Waals surface area contributed by atoms with Crippen LogP contribution in [0.4, 0.5) is 0 Å². The lowest BCUT2D eigenvalue weighted by Crippen LogP contribution is -2.24. The second-order valence-electron chi connectivity index (χ2n) is 8.05. The summed E-state index contributed by atoms with van der Waals surface area (Å²) in [5.74, 6) is 1.12. The van der Waals surface area contributed by atoms with Gasteiger partial charge in [0.2, 0.25) is 0 Å². The number of hydrogen-bond acceptors (Lipinski definition) is 2. The monoisotopic (exact) mass is 364 g/mol. The molecule has 1 saturated carbocycles. The van der Waals surface area contributed by atoms with E-state index in [1.54, 1.807) is 0 Å². The molecule has 0 amide bonds. The molecule has 1 fully saturated rings. The molecule has 0 radical (unpaired) electrons. The number of ether oxygens (including phenoxy) is 1. The summed E-state index contributed by atoms with van der Waals surface area (Å²) in [5.41, 5.74) is 3.27. The topological polar surface area (TPSA) is 26.3 Å². The van der Waals surface area contributed by atoms with E-state index in [0.29, 0.717) is 11.5 Å². The number of carbonyl (C=O) groups is 1. The Morgan fingerprint density at radius 2 is 1.67 bits per heavy atom. The fraction of sp³-hybridized carbons (Fsp3) is 0.480. The minimum absolute atomic E-state index is 0.100. The Kier molecular flexibility index (Phi) is 7.09. The zero-order chi connectivity index (χ0) is 19.1. The van der Waals surface area contributed by atoms with Gasteiger partial charge in [-0.2, -0.15) is 0 Å². The van der Waals surface area contributed by atoms with Gasteiger partial charge in [-0.1, -0.05) is 69.2 Å². The molecule has 1 atom stereocenters. The molecule has 0 saturated heterocycles. The van der Waals surface area contributed by atoms with Gasteiger partial charge in [-0.05, 0) is 67.2 Å². The van der Waals surface area contributed by atoms with Crippen molar-refractivity contribution < 1.29 is 9.53 Å². The first-order chi connectivity index (χ1) is 13.2. The Labute approximate surface area is 164 Å². The third-order valence-corrected chi connectivity index (χ3v) is 5.86. The summed E-state index contributed by atoms with van der Waals surface area (Å²) in [6.45, 7) is 4.49. The van der Waals surface area contributed by atoms with Crippen LogP contribution in [0.2, 0.25) is 0 Å². The van der Waals surface area contributed by atoms with Gasteiger partial charge in [-0.15, -0.1) is 0 Å². The fourth-order valence-electron chi connectivity index (χ4n) is 4.20. The lowest BCUT2D eigenvalue weighted by atomic mass is 9.85. The first kappa shape index (κ1) is 19.7. The van der Waals surface area contributed by atoms with Crippen LogP contribution in [0.3, 0.4) is 0 Å². The van der Waals surface area contributed by atoms with Crippen LogP contribution in [-0.4, -0.2) is 12.1 Å². The van der Waals surface area contributed by atoms with E-state index in [1.807, 2.05) is 18.2 Å². The first-order valence-corrected chi connectivity index (χ1v) is 10.5.